The molecule has 6 heteroatoms. The van der Waals surface area contributed by atoms with Crippen LogP contribution >= 0.6 is 0 Å². The largest absolute Gasteiger partial charge is 0.394 e. The van der Waals surface area contributed by atoms with Crippen molar-refractivity contribution in [2.24, 2.45) is 0 Å². The molecule has 0 aliphatic carbocycles. The van der Waals surface area contributed by atoms with E-state index < -0.39 is 0 Å². The molecule has 1 aromatic heterocycles. The summed E-state index contributed by atoms with van der Waals surface area (Å²) >= 11 is 0. The standard InChI is InChI=1S/C14H25N3O3/c1-5-11(6-2)13-7-12(20-16-13)8-15-14(19)17(4)10(3)9-18/h7,10-11,18H,5-6,8-9H2,1-4H3,(H,15,19). The molecule has 2 N–H and O–H groups in total. The van der Waals surface area contributed by atoms with Gasteiger partial charge in [-0.25, -0.2) is 4.79 Å². The number of likely N-dealkylation sites (N-methyl/N-ethyl adjacent to an activating group) is 1. The molecule has 6 nitrogen and oxygen atoms in total. The molecule has 0 fully saturated rings. The van der Waals surface area contributed by atoms with Crippen LogP contribution in [0.1, 0.15) is 51.0 Å². The average Bonchev–Trinajstić information content (AvgIpc) is 2.93. The highest BCUT2D eigenvalue weighted by Crippen LogP contribution is 2.22. The summed E-state index contributed by atoms with van der Waals surface area (Å²) in [6.45, 7) is 6.25. The van der Waals surface area contributed by atoms with Gasteiger partial charge in [0.25, 0.3) is 0 Å². The Bertz CT molecular complexity index is 416. The molecule has 0 aliphatic rings. The van der Waals surface area contributed by atoms with Crippen LogP contribution < -0.4 is 5.32 Å². The predicted molar refractivity (Wildman–Crippen MR) is 76.4 cm³/mol. The Morgan fingerprint density at radius 3 is 2.70 bits per heavy atom. The monoisotopic (exact) mass is 283 g/mol. The van der Waals surface area contributed by atoms with Crippen molar-refractivity contribution in [2.75, 3.05) is 13.7 Å². The molecule has 0 bridgehead atoms. The van der Waals surface area contributed by atoms with Crippen molar-refractivity contribution < 1.29 is 14.4 Å². The summed E-state index contributed by atoms with van der Waals surface area (Å²) in [5, 5.41) is 15.8. The van der Waals surface area contributed by atoms with E-state index in [1.54, 1.807) is 14.0 Å². The molecule has 1 rings (SSSR count). The fourth-order valence-corrected chi connectivity index (χ4v) is 1.92. The van der Waals surface area contributed by atoms with E-state index in [1.165, 1.54) is 4.90 Å². The maximum absolute atomic E-state index is 11.8. The summed E-state index contributed by atoms with van der Waals surface area (Å²) in [4.78, 5) is 13.3. The zero-order valence-electron chi connectivity index (χ0n) is 12.7. The minimum absolute atomic E-state index is 0.0644. The number of hydrogen-bond donors (Lipinski definition) is 2. The third-order valence-electron chi connectivity index (χ3n) is 3.64. The van der Waals surface area contributed by atoms with Crippen LogP contribution in [0.3, 0.4) is 0 Å². The first-order chi connectivity index (χ1) is 9.53. The van der Waals surface area contributed by atoms with Crippen LogP contribution in [0.25, 0.3) is 0 Å². The average molecular weight is 283 g/mol. The van der Waals surface area contributed by atoms with Gasteiger partial charge < -0.3 is 19.8 Å². The first kappa shape index (κ1) is 16.5. The summed E-state index contributed by atoms with van der Waals surface area (Å²) in [7, 11) is 1.65. The summed E-state index contributed by atoms with van der Waals surface area (Å²) < 4.78 is 5.23. The van der Waals surface area contributed by atoms with Gasteiger partial charge in [0.05, 0.1) is 24.9 Å². The molecule has 1 unspecified atom stereocenters. The van der Waals surface area contributed by atoms with Crippen molar-refractivity contribution >= 4 is 6.03 Å². The van der Waals surface area contributed by atoms with E-state index in [9.17, 15) is 4.79 Å². The molecule has 2 amide bonds. The van der Waals surface area contributed by atoms with E-state index >= 15 is 0 Å². The number of aliphatic hydroxyl groups excluding tert-OH is 1. The third-order valence-corrected chi connectivity index (χ3v) is 3.64. The minimum Gasteiger partial charge on any atom is -0.394 e. The van der Waals surface area contributed by atoms with Crippen LogP contribution in [0.4, 0.5) is 4.79 Å². The Morgan fingerprint density at radius 2 is 2.15 bits per heavy atom. The second kappa shape index (κ2) is 7.89. The summed E-state index contributed by atoms with van der Waals surface area (Å²) in [6.07, 6.45) is 2.04. The lowest BCUT2D eigenvalue weighted by atomic mass is 9.99. The summed E-state index contributed by atoms with van der Waals surface area (Å²) in [6, 6.07) is 1.44. The zero-order valence-corrected chi connectivity index (χ0v) is 12.7. The summed E-state index contributed by atoms with van der Waals surface area (Å²) in [5.74, 6) is 1.05. The van der Waals surface area contributed by atoms with E-state index in [0.717, 1.165) is 18.5 Å². The molecule has 0 aliphatic heterocycles. The number of aromatic nitrogens is 1. The number of aliphatic hydroxyl groups is 1. The second-order valence-corrected chi connectivity index (χ2v) is 5.03. The lowest BCUT2D eigenvalue weighted by molar-refractivity contribution is 0.156. The van der Waals surface area contributed by atoms with Gasteiger partial charge in [-0.2, -0.15) is 0 Å². The van der Waals surface area contributed by atoms with Gasteiger partial charge in [-0.05, 0) is 19.8 Å². The molecule has 0 saturated carbocycles. The Hall–Kier alpha value is -1.56. The van der Waals surface area contributed by atoms with Gasteiger partial charge in [-0.1, -0.05) is 19.0 Å². The van der Waals surface area contributed by atoms with Gasteiger partial charge in [-0.15, -0.1) is 0 Å². The van der Waals surface area contributed by atoms with Crippen molar-refractivity contribution in [1.29, 1.82) is 0 Å². The van der Waals surface area contributed by atoms with Crippen LogP contribution in [0.2, 0.25) is 0 Å². The van der Waals surface area contributed by atoms with Crippen molar-refractivity contribution in [2.45, 2.75) is 52.1 Å². The van der Waals surface area contributed by atoms with Crippen molar-refractivity contribution in [3.05, 3.63) is 17.5 Å². The van der Waals surface area contributed by atoms with Gasteiger partial charge in [-0.3, -0.25) is 0 Å². The highest BCUT2D eigenvalue weighted by atomic mass is 16.5. The maximum atomic E-state index is 11.8. The molecule has 20 heavy (non-hydrogen) atoms. The van der Waals surface area contributed by atoms with Crippen LogP contribution in [0, 0.1) is 0 Å². The first-order valence-corrected chi connectivity index (χ1v) is 7.10. The van der Waals surface area contributed by atoms with E-state index in [4.69, 9.17) is 9.63 Å². The van der Waals surface area contributed by atoms with Gasteiger partial charge in [0, 0.05) is 19.0 Å². The quantitative estimate of drug-likeness (QED) is 0.803. The molecular formula is C14H25N3O3. The maximum Gasteiger partial charge on any atom is 0.317 e. The Kier molecular flexibility index (Phi) is 6.51. The first-order valence-electron chi connectivity index (χ1n) is 7.10. The number of hydrogen-bond acceptors (Lipinski definition) is 4. The number of amides is 2. The molecule has 1 aromatic rings. The number of nitrogens with one attached hydrogen (secondary N) is 1. The van der Waals surface area contributed by atoms with Crippen LogP contribution in [-0.2, 0) is 6.54 Å². The van der Waals surface area contributed by atoms with E-state index in [2.05, 4.69) is 24.3 Å². The molecule has 0 aromatic carbocycles. The number of carbonyl (C=O) groups is 1. The molecule has 114 valence electrons. The van der Waals surface area contributed by atoms with E-state index in [-0.39, 0.29) is 18.7 Å². The second-order valence-electron chi connectivity index (χ2n) is 5.03. The number of carbonyl (C=O) groups excluding carboxylic acids is 1. The van der Waals surface area contributed by atoms with Gasteiger partial charge in [0.15, 0.2) is 5.76 Å². The Morgan fingerprint density at radius 1 is 1.50 bits per heavy atom. The van der Waals surface area contributed by atoms with Crippen molar-refractivity contribution in [1.82, 2.24) is 15.4 Å². The van der Waals surface area contributed by atoms with E-state index in [0.29, 0.717) is 18.2 Å². The lowest BCUT2D eigenvalue weighted by Crippen LogP contribution is -2.43. The molecular weight excluding hydrogens is 258 g/mol. The Labute approximate surface area is 120 Å². The molecule has 0 radical (unpaired) electrons. The van der Waals surface area contributed by atoms with E-state index in [1.807, 2.05) is 6.07 Å². The van der Waals surface area contributed by atoms with Crippen LogP contribution in [0.15, 0.2) is 10.6 Å². The van der Waals surface area contributed by atoms with Crippen molar-refractivity contribution in [3.63, 3.8) is 0 Å². The number of urea groups is 1. The van der Waals surface area contributed by atoms with Crippen molar-refractivity contribution in [3.8, 4) is 0 Å². The number of rotatable bonds is 7. The fourth-order valence-electron chi connectivity index (χ4n) is 1.92. The fraction of sp³-hybridized carbons (Fsp3) is 0.714. The van der Waals surface area contributed by atoms with Gasteiger partial charge in [0.1, 0.15) is 0 Å². The van der Waals surface area contributed by atoms with Crippen LogP contribution in [0.5, 0.6) is 0 Å². The smallest absolute Gasteiger partial charge is 0.317 e. The minimum atomic E-state index is -0.243. The molecule has 1 heterocycles. The molecule has 0 saturated heterocycles. The van der Waals surface area contributed by atoms with Gasteiger partial charge >= 0.3 is 6.03 Å². The van der Waals surface area contributed by atoms with Gasteiger partial charge in [0.2, 0.25) is 0 Å². The highest BCUT2D eigenvalue weighted by molar-refractivity contribution is 5.74. The molecule has 0 spiro atoms. The van der Waals surface area contributed by atoms with Crippen LogP contribution in [-0.4, -0.2) is 40.9 Å². The SMILES string of the molecule is CCC(CC)c1cc(CNC(=O)N(C)C(C)CO)on1. The summed E-state index contributed by atoms with van der Waals surface area (Å²) in [5.41, 5.74) is 0.941. The molecule has 1 atom stereocenters. The normalized spacial score (nSPS) is 12.5. The highest BCUT2D eigenvalue weighted by Gasteiger charge is 2.16. The Balaban J connectivity index is 2.52. The third kappa shape index (κ3) is 4.23. The lowest BCUT2D eigenvalue weighted by Gasteiger charge is -2.23. The number of nitrogens with zero attached hydrogens (tertiary/aromatic N) is 2. The zero-order chi connectivity index (χ0) is 15.1. The topological polar surface area (TPSA) is 78.6 Å². The predicted octanol–water partition coefficient (Wildman–Crippen LogP) is 2.10.